The van der Waals surface area contributed by atoms with Gasteiger partial charge in [0, 0.05) is 12.6 Å². The summed E-state index contributed by atoms with van der Waals surface area (Å²) >= 11 is 0. The predicted octanol–water partition coefficient (Wildman–Crippen LogP) is 2.73. The van der Waals surface area contributed by atoms with Crippen molar-refractivity contribution >= 4 is 5.69 Å². The number of hydrogen-bond acceptors (Lipinski definition) is 3. The lowest BCUT2D eigenvalue weighted by Crippen LogP contribution is -1.95. The molecule has 1 aromatic carbocycles. The molecule has 0 saturated carbocycles. The van der Waals surface area contributed by atoms with Crippen LogP contribution < -0.4 is 10.5 Å². The van der Waals surface area contributed by atoms with Crippen LogP contribution in [0.2, 0.25) is 0 Å². The highest BCUT2D eigenvalue weighted by Gasteiger charge is 2.08. The fourth-order valence-corrected chi connectivity index (χ4v) is 1.46. The number of rotatable bonds is 3. The van der Waals surface area contributed by atoms with E-state index in [1.165, 1.54) is 6.07 Å². The Morgan fingerprint density at radius 1 is 1.47 bits per heavy atom. The molecule has 2 N–H and O–H groups in total. The van der Waals surface area contributed by atoms with E-state index in [1.807, 2.05) is 6.92 Å². The van der Waals surface area contributed by atoms with Crippen molar-refractivity contribution < 1.29 is 9.13 Å². The Bertz CT molecular complexity index is 537. The van der Waals surface area contributed by atoms with Crippen LogP contribution in [0.25, 0.3) is 0 Å². The average Bonchev–Trinajstić information content (AvgIpc) is 2.73. The van der Waals surface area contributed by atoms with Gasteiger partial charge in [-0.2, -0.15) is 5.10 Å². The van der Waals surface area contributed by atoms with Crippen LogP contribution in [0.15, 0.2) is 24.5 Å². The van der Waals surface area contributed by atoms with Crippen molar-refractivity contribution in [1.29, 1.82) is 0 Å². The summed E-state index contributed by atoms with van der Waals surface area (Å²) in [6, 6.07) is 2.84. The first-order valence-corrected chi connectivity index (χ1v) is 5.36. The Morgan fingerprint density at radius 2 is 2.24 bits per heavy atom. The van der Waals surface area contributed by atoms with E-state index >= 15 is 0 Å². The molecule has 4 nitrogen and oxygen atoms in total. The summed E-state index contributed by atoms with van der Waals surface area (Å²) in [5.41, 5.74) is 6.46. The fraction of sp³-hybridized carbons (Fsp3) is 0.250. The van der Waals surface area contributed by atoms with Crippen molar-refractivity contribution in [1.82, 2.24) is 9.78 Å². The second-order valence-electron chi connectivity index (χ2n) is 3.77. The van der Waals surface area contributed by atoms with Gasteiger partial charge in [0.15, 0.2) is 11.5 Å². The first-order chi connectivity index (χ1) is 8.10. The van der Waals surface area contributed by atoms with Crippen LogP contribution in [0.4, 0.5) is 10.1 Å². The lowest BCUT2D eigenvalue weighted by atomic mass is 10.2. The SMILES string of the molecule is CCn1cc(Oc2cc(C)c(F)cc2N)cn1. The number of halogens is 1. The Balaban J connectivity index is 2.26. The monoisotopic (exact) mass is 235 g/mol. The molecule has 1 aromatic heterocycles. The summed E-state index contributed by atoms with van der Waals surface area (Å²) < 4.78 is 20.5. The van der Waals surface area contributed by atoms with Gasteiger partial charge in [0.05, 0.1) is 18.1 Å². The predicted molar refractivity (Wildman–Crippen MR) is 63.5 cm³/mol. The molecule has 0 fully saturated rings. The van der Waals surface area contributed by atoms with E-state index in [4.69, 9.17) is 10.5 Å². The molecule has 0 spiro atoms. The largest absolute Gasteiger partial charge is 0.452 e. The molecular weight excluding hydrogens is 221 g/mol. The maximum atomic E-state index is 13.2. The minimum atomic E-state index is -0.334. The molecule has 2 rings (SSSR count). The van der Waals surface area contributed by atoms with Crippen molar-refractivity contribution in [2.24, 2.45) is 0 Å². The number of ether oxygens (including phenoxy) is 1. The van der Waals surface area contributed by atoms with Crippen molar-refractivity contribution in [2.45, 2.75) is 20.4 Å². The van der Waals surface area contributed by atoms with Gasteiger partial charge < -0.3 is 10.5 Å². The van der Waals surface area contributed by atoms with Gasteiger partial charge in [0.25, 0.3) is 0 Å². The van der Waals surface area contributed by atoms with E-state index in [0.717, 1.165) is 6.54 Å². The highest BCUT2D eigenvalue weighted by atomic mass is 19.1. The van der Waals surface area contributed by atoms with Crippen LogP contribution in [0, 0.1) is 12.7 Å². The first kappa shape index (κ1) is 11.4. The van der Waals surface area contributed by atoms with E-state index in [0.29, 0.717) is 17.1 Å². The second-order valence-corrected chi connectivity index (χ2v) is 3.77. The summed E-state index contributed by atoms with van der Waals surface area (Å²) in [5.74, 6) is 0.697. The number of nitrogen functional groups attached to an aromatic ring is 1. The molecule has 0 aliphatic rings. The molecule has 0 aliphatic carbocycles. The van der Waals surface area contributed by atoms with Crippen LogP contribution in [0.1, 0.15) is 12.5 Å². The zero-order valence-corrected chi connectivity index (χ0v) is 9.77. The number of benzene rings is 1. The third-order valence-corrected chi connectivity index (χ3v) is 2.45. The van der Waals surface area contributed by atoms with Gasteiger partial charge in [-0.25, -0.2) is 4.39 Å². The Hall–Kier alpha value is -2.04. The number of anilines is 1. The van der Waals surface area contributed by atoms with E-state index < -0.39 is 0 Å². The van der Waals surface area contributed by atoms with Crippen molar-refractivity contribution in [3.05, 3.63) is 35.9 Å². The second kappa shape index (κ2) is 4.45. The summed E-state index contributed by atoms with van der Waals surface area (Å²) in [5, 5.41) is 4.08. The lowest BCUT2D eigenvalue weighted by Gasteiger charge is -2.07. The third-order valence-electron chi connectivity index (χ3n) is 2.45. The number of aryl methyl sites for hydroxylation is 2. The van der Waals surface area contributed by atoms with Crippen molar-refractivity contribution in [3.8, 4) is 11.5 Å². The quantitative estimate of drug-likeness (QED) is 0.832. The van der Waals surface area contributed by atoms with Crippen molar-refractivity contribution in [2.75, 3.05) is 5.73 Å². The van der Waals surface area contributed by atoms with Gasteiger partial charge in [0.2, 0.25) is 0 Å². The number of nitrogens with two attached hydrogens (primary N) is 1. The fourth-order valence-electron chi connectivity index (χ4n) is 1.46. The molecule has 2 aromatic rings. The number of aromatic nitrogens is 2. The summed E-state index contributed by atoms with van der Waals surface area (Å²) in [6.45, 7) is 4.41. The average molecular weight is 235 g/mol. The zero-order valence-electron chi connectivity index (χ0n) is 9.77. The highest BCUT2D eigenvalue weighted by molar-refractivity contribution is 5.55. The molecule has 5 heteroatoms. The Labute approximate surface area is 98.8 Å². The first-order valence-electron chi connectivity index (χ1n) is 5.36. The van der Waals surface area contributed by atoms with Gasteiger partial charge in [-0.3, -0.25) is 4.68 Å². The minimum Gasteiger partial charge on any atom is -0.452 e. The lowest BCUT2D eigenvalue weighted by molar-refractivity contribution is 0.481. The van der Waals surface area contributed by atoms with E-state index in [1.54, 1.807) is 30.1 Å². The Morgan fingerprint density at radius 3 is 2.88 bits per heavy atom. The van der Waals surface area contributed by atoms with Crippen LogP contribution in [0.3, 0.4) is 0 Å². The van der Waals surface area contributed by atoms with Crippen molar-refractivity contribution in [3.63, 3.8) is 0 Å². The molecule has 0 aliphatic heterocycles. The molecule has 0 amide bonds. The summed E-state index contributed by atoms with van der Waals surface area (Å²) in [4.78, 5) is 0. The van der Waals surface area contributed by atoms with E-state index in [9.17, 15) is 4.39 Å². The highest BCUT2D eigenvalue weighted by Crippen LogP contribution is 2.29. The summed E-state index contributed by atoms with van der Waals surface area (Å²) in [6.07, 6.45) is 3.36. The molecule has 0 unspecified atom stereocenters. The number of hydrogen-bond donors (Lipinski definition) is 1. The van der Waals surface area contributed by atoms with Crippen LogP contribution in [-0.4, -0.2) is 9.78 Å². The number of nitrogens with zero attached hydrogens (tertiary/aromatic N) is 2. The molecule has 0 radical (unpaired) electrons. The van der Waals surface area contributed by atoms with Crippen LogP contribution in [0.5, 0.6) is 11.5 Å². The van der Waals surface area contributed by atoms with Gasteiger partial charge in [-0.15, -0.1) is 0 Å². The maximum Gasteiger partial charge on any atom is 0.165 e. The Kier molecular flexibility index (Phi) is 2.99. The molecule has 90 valence electrons. The molecule has 1 heterocycles. The van der Waals surface area contributed by atoms with Crippen LogP contribution in [-0.2, 0) is 6.54 Å². The minimum absolute atomic E-state index is 0.275. The van der Waals surface area contributed by atoms with Gasteiger partial charge in [0.1, 0.15) is 5.82 Å². The topological polar surface area (TPSA) is 53.1 Å². The third kappa shape index (κ3) is 2.38. The van der Waals surface area contributed by atoms with E-state index in [2.05, 4.69) is 5.10 Å². The van der Waals surface area contributed by atoms with Gasteiger partial charge >= 0.3 is 0 Å². The van der Waals surface area contributed by atoms with Crippen LogP contribution >= 0.6 is 0 Å². The van der Waals surface area contributed by atoms with E-state index in [-0.39, 0.29) is 11.5 Å². The summed E-state index contributed by atoms with van der Waals surface area (Å²) in [7, 11) is 0. The smallest absolute Gasteiger partial charge is 0.165 e. The van der Waals surface area contributed by atoms with Gasteiger partial charge in [-0.1, -0.05) is 0 Å². The molecule has 17 heavy (non-hydrogen) atoms. The zero-order chi connectivity index (χ0) is 12.4. The standard InChI is InChI=1S/C12H14FN3O/c1-3-16-7-9(6-15-16)17-12-4-8(2)10(13)5-11(12)14/h4-7H,3,14H2,1-2H3. The maximum absolute atomic E-state index is 13.2. The molecular formula is C12H14FN3O. The molecule has 0 bridgehead atoms. The molecule has 0 saturated heterocycles. The molecule has 0 atom stereocenters. The van der Waals surface area contributed by atoms with Gasteiger partial charge in [-0.05, 0) is 25.5 Å². The normalized spacial score (nSPS) is 10.5.